The molecular formula is C22H24F2N2O. The van der Waals surface area contributed by atoms with Gasteiger partial charge in [-0.15, -0.1) is 0 Å². The van der Waals surface area contributed by atoms with E-state index in [9.17, 15) is 8.78 Å². The number of aromatic nitrogens is 2. The summed E-state index contributed by atoms with van der Waals surface area (Å²) in [7, 11) is 0. The Kier molecular flexibility index (Phi) is 5.68. The molecule has 0 radical (unpaired) electrons. The normalized spacial score (nSPS) is 12.6. The van der Waals surface area contributed by atoms with Crippen LogP contribution in [0.1, 0.15) is 32.8 Å². The molecule has 0 amide bonds. The maximum Gasteiger partial charge on any atom is 0.140 e. The summed E-state index contributed by atoms with van der Waals surface area (Å²) >= 11 is 0. The Morgan fingerprint density at radius 1 is 1.07 bits per heavy atom. The van der Waals surface area contributed by atoms with E-state index in [1.807, 2.05) is 13.0 Å². The topological polar surface area (TPSA) is 35.0 Å². The Balaban J connectivity index is 1.89. The number of nitrogens with zero attached hydrogens (tertiary/aromatic N) is 2. The van der Waals surface area contributed by atoms with E-state index < -0.39 is 11.6 Å². The molecule has 0 aliphatic heterocycles. The lowest BCUT2D eigenvalue weighted by Crippen LogP contribution is -2.11. The second-order valence-electron chi connectivity index (χ2n) is 7.52. The fourth-order valence-electron chi connectivity index (χ4n) is 3.36. The Labute approximate surface area is 158 Å². The summed E-state index contributed by atoms with van der Waals surface area (Å²) in [4.78, 5) is 8.52. The summed E-state index contributed by atoms with van der Waals surface area (Å²) in [5.74, 6) is 0.518. The lowest BCUT2D eigenvalue weighted by atomic mass is 10.00. The van der Waals surface area contributed by atoms with Gasteiger partial charge in [0.15, 0.2) is 0 Å². The SMILES string of the molecule is Cc1cc(-c2ccnc3cc(F)cc(F)c23)ncc1OC[C@@H](C)CC(C)C. The van der Waals surface area contributed by atoms with Crippen LogP contribution >= 0.6 is 0 Å². The van der Waals surface area contributed by atoms with Gasteiger partial charge in [0.2, 0.25) is 0 Å². The van der Waals surface area contributed by atoms with Crippen LogP contribution in [0, 0.1) is 30.4 Å². The number of aryl methyl sites for hydroxylation is 1. The van der Waals surface area contributed by atoms with E-state index in [1.54, 1.807) is 12.3 Å². The predicted molar refractivity (Wildman–Crippen MR) is 104 cm³/mol. The lowest BCUT2D eigenvalue weighted by Gasteiger charge is -2.16. The zero-order chi connectivity index (χ0) is 19.6. The first-order valence-corrected chi connectivity index (χ1v) is 9.18. The first-order chi connectivity index (χ1) is 12.8. The molecule has 0 aliphatic carbocycles. The second kappa shape index (κ2) is 7.99. The number of pyridine rings is 2. The van der Waals surface area contributed by atoms with Crippen LogP contribution in [-0.2, 0) is 0 Å². The quantitative estimate of drug-likeness (QED) is 0.538. The summed E-state index contributed by atoms with van der Waals surface area (Å²) in [6, 6.07) is 5.65. The number of rotatable bonds is 6. The van der Waals surface area contributed by atoms with Crippen molar-refractivity contribution in [2.24, 2.45) is 11.8 Å². The van der Waals surface area contributed by atoms with Gasteiger partial charge in [0.25, 0.3) is 0 Å². The van der Waals surface area contributed by atoms with Crippen LogP contribution in [0.4, 0.5) is 8.78 Å². The van der Waals surface area contributed by atoms with Crippen LogP contribution < -0.4 is 4.74 Å². The van der Waals surface area contributed by atoms with Gasteiger partial charge in [-0.1, -0.05) is 20.8 Å². The maximum atomic E-state index is 14.4. The summed E-state index contributed by atoms with van der Waals surface area (Å²) in [6.07, 6.45) is 4.30. The largest absolute Gasteiger partial charge is 0.491 e. The van der Waals surface area contributed by atoms with Crippen LogP contribution in [0.2, 0.25) is 0 Å². The molecule has 0 bridgehead atoms. The molecule has 27 heavy (non-hydrogen) atoms. The second-order valence-corrected chi connectivity index (χ2v) is 7.52. The van der Waals surface area contributed by atoms with E-state index in [1.165, 1.54) is 12.3 Å². The minimum Gasteiger partial charge on any atom is -0.491 e. The van der Waals surface area contributed by atoms with Gasteiger partial charge in [0.05, 0.1) is 24.0 Å². The summed E-state index contributed by atoms with van der Waals surface area (Å²) < 4.78 is 33.7. The highest BCUT2D eigenvalue weighted by molar-refractivity contribution is 5.93. The Bertz CT molecular complexity index is 956. The molecule has 0 saturated carbocycles. The van der Waals surface area contributed by atoms with Crippen molar-refractivity contribution in [2.75, 3.05) is 6.61 Å². The Morgan fingerprint density at radius 3 is 2.56 bits per heavy atom. The van der Waals surface area contributed by atoms with Gasteiger partial charge in [-0.3, -0.25) is 9.97 Å². The number of halogens is 2. The molecule has 2 heterocycles. The van der Waals surface area contributed by atoms with Crippen molar-refractivity contribution in [3.63, 3.8) is 0 Å². The third-order valence-electron chi connectivity index (χ3n) is 4.49. The first kappa shape index (κ1) is 19.2. The molecule has 5 heteroatoms. The highest BCUT2D eigenvalue weighted by atomic mass is 19.1. The van der Waals surface area contributed by atoms with E-state index in [2.05, 4.69) is 30.7 Å². The number of ether oxygens (including phenoxy) is 1. The molecule has 3 nitrogen and oxygen atoms in total. The number of benzene rings is 1. The van der Waals surface area contributed by atoms with E-state index >= 15 is 0 Å². The van der Waals surface area contributed by atoms with Crippen molar-refractivity contribution in [1.29, 1.82) is 0 Å². The molecule has 0 unspecified atom stereocenters. The molecule has 1 aromatic carbocycles. The molecule has 0 saturated heterocycles. The van der Waals surface area contributed by atoms with Crippen molar-refractivity contribution >= 4 is 10.9 Å². The number of fused-ring (bicyclic) bond motifs is 1. The molecule has 3 rings (SSSR count). The van der Waals surface area contributed by atoms with Crippen LogP contribution in [-0.4, -0.2) is 16.6 Å². The van der Waals surface area contributed by atoms with Crippen molar-refractivity contribution in [3.05, 3.63) is 53.9 Å². The monoisotopic (exact) mass is 370 g/mol. The molecule has 3 aromatic rings. The molecule has 2 aromatic heterocycles. The zero-order valence-corrected chi connectivity index (χ0v) is 16.1. The average molecular weight is 370 g/mol. The summed E-state index contributed by atoms with van der Waals surface area (Å²) in [6.45, 7) is 9.13. The first-order valence-electron chi connectivity index (χ1n) is 9.18. The molecular weight excluding hydrogens is 346 g/mol. The molecule has 0 aliphatic rings. The number of hydrogen-bond acceptors (Lipinski definition) is 3. The molecule has 0 spiro atoms. The molecule has 0 N–H and O–H groups in total. The van der Waals surface area contributed by atoms with Crippen molar-refractivity contribution < 1.29 is 13.5 Å². The molecule has 0 fully saturated rings. The van der Waals surface area contributed by atoms with Gasteiger partial charge in [-0.25, -0.2) is 8.78 Å². The summed E-state index contributed by atoms with van der Waals surface area (Å²) in [5, 5.41) is 0.269. The predicted octanol–water partition coefficient (Wildman–Crippen LogP) is 5.94. The van der Waals surface area contributed by atoms with Gasteiger partial charge in [0, 0.05) is 29.3 Å². The fraction of sp³-hybridized carbons (Fsp3) is 0.364. The molecule has 142 valence electrons. The molecule has 1 atom stereocenters. The third kappa shape index (κ3) is 4.41. The van der Waals surface area contributed by atoms with Gasteiger partial charge >= 0.3 is 0 Å². The van der Waals surface area contributed by atoms with Crippen molar-refractivity contribution in [1.82, 2.24) is 9.97 Å². The van der Waals surface area contributed by atoms with E-state index in [0.717, 1.165) is 23.8 Å². The van der Waals surface area contributed by atoms with Crippen LogP contribution in [0.5, 0.6) is 5.75 Å². The smallest absolute Gasteiger partial charge is 0.140 e. The van der Waals surface area contributed by atoms with Gasteiger partial charge in [-0.05, 0) is 42.9 Å². The van der Waals surface area contributed by atoms with E-state index in [0.29, 0.717) is 29.7 Å². The van der Waals surface area contributed by atoms with Crippen LogP contribution in [0.15, 0.2) is 36.7 Å². The van der Waals surface area contributed by atoms with Crippen LogP contribution in [0.25, 0.3) is 22.2 Å². The van der Waals surface area contributed by atoms with Crippen molar-refractivity contribution in [2.45, 2.75) is 34.1 Å². The van der Waals surface area contributed by atoms with Crippen LogP contribution in [0.3, 0.4) is 0 Å². The Morgan fingerprint density at radius 2 is 1.85 bits per heavy atom. The minimum absolute atomic E-state index is 0.269. The average Bonchev–Trinajstić information content (AvgIpc) is 2.59. The minimum atomic E-state index is -0.645. The zero-order valence-electron chi connectivity index (χ0n) is 16.1. The highest BCUT2D eigenvalue weighted by Gasteiger charge is 2.14. The highest BCUT2D eigenvalue weighted by Crippen LogP contribution is 2.31. The maximum absolute atomic E-state index is 14.4. The number of hydrogen-bond donors (Lipinski definition) is 0. The lowest BCUT2D eigenvalue weighted by molar-refractivity contribution is 0.237. The third-order valence-corrected chi connectivity index (χ3v) is 4.49. The van der Waals surface area contributed by atoms with E-state index in [-0.39, 0.29) is 10.9 Å². The van der Waals surface area contributed by atoms with Crippen molar-refractivity contribution in [3.8, 4) is 17.0 Å². The van der Waals surface area contributed by atoms with Gasteiger partial charge < -0.3 is 4.74 Å². The standard InChI is InChI=1S/C22H24F2N2O/c1-13(2)7-14(3)12-27-21-11-26-19(8-15(21)4)17-5-6-25-20-10-16(23)9-18(24)22(17)20/h5-6,8-11,13-14H,7,12H2,1-4H3/t14-/m0/s1. The van der Waals surface area contributed by atoms with Gasteiger partial charge in [0.1, 0.15) is 17.4 Å². The fourth-order valence-corrected chi connectivity index (χ4v) is 3.36. The summed E-state index contributed by atoms with van der Waals surface area (Å²) in [5.41, 5.74) is 2.38. The van der Waals surface area contributed by atoms with Gasteiger partial charge in [-0.2, -0.15) is 0 Å². The Hall–Kier alpha value is -2.56. The van der Waals surface area contributed by atoms with E-state index in [4.69, 9.17) is 4.74 Å².